The number of para-hydroxylation sites is 1. The van der Waals surface area contributed by atoms with E-state index in [1.54, 1.807) is 30.3 Å². The molecule has 0 spiro atoms. The van der Waals surface area contributed by atoms with Crippen LogP contribution in [0.5, 0.6) is 11.5 Å². The van der Waals surface area contributed by atoms with Crippen molar-refractivity contribution in [3.05, 3.63) is 48.5 Å². The van der Waals surface area contributed by atoms with Crippen molar-refractivity contribution in [2.45, 2.75) is 6.54 Å². The molecule has 6 nitrogen and oxygen atoms in total. The maximum absolute atomic E-state index is 13.9. The van der Waals surface area contributed by atoms with E-state index in [2.05, 4.69) is 10.3 Å². The number of halogens is 1. The first-order valence-electron chi connectivity index (χ1n) is 7.23. The molecule has 124 valence electrons. The molecule has 3 aromatic rings. The lowest BCUT2D eigenvalue weighted by molar-refractivity contribution is -0.116. The summed E-state index contributed by atoms with van der Waals surface area (Å²) in [6, 6.07) is 9.66. The van der Waals surface area contributed by atoms with Crippen molar-refractivity contribution in [3.8, 4) is 11.5 Å². The molecule has 0 saturated heterocycles. The normalized spacial score (nSPS) is 10.6. The largest absolute Gasteiger partial charge is 0.497 e. The van der Waals surface area contributed by atoms with E-state index in [1.807, 2.05) is 0 Å². The Morgan fingerprint density at radius 2 is 1.92 bits per heavy atom. The Balaban J connectivity index is 1.80. The van der Waals surface area contributed by atoms with E-state index in [4.69, 9.17) is 9.47 Å². The van der Waals surface area contributed by atoms with Crippen LogP contribution in [-0.2, 0) is 11.3 Å². The first-order chi connectivity index (χ1) is 11.6. The van der Waals surface area contributed by atoms with Gasteiger partial charge in [-0.3, -0.25) is 4.79 Å². The van der Waals surface area contributed by atoms with Crippen LogP contribution < -0.4 is 14.8 Å². The maximum atomic E-state index is 13.9. The first kappa shape index (κ1) is 15.8. The van der Waals surface area contributed by atoms with E-state index in [-0.39, 0.29) is 12.5 Å². The molecule has 0 atom stereocenters. The zero-order valence-corrected chi connectivity index (χ0v) is 13.2. The average Bonchev–Trinajstić information content (AvgIpc) is 2.98. The standard InChI is InChI=1S/C17H16FN3O3/c1-23-12-6-11(7-13(8-12)24-2)20-16(22)9-21-10-19-15-5-3-4-14(18)17(15)21/h3-8,10H,9H2,1-2H3,(H,20,22). The van der Waals surface area contributed by atoms with Crippen molar-refractivity contribution in [2.24, 2.45) is 0 Å². The molecule has 1 heterocycles. The van der Waals surface area contributed by atoms with Crippen molar-refractivity contribution in [2.75, 3.05) is 19.5 Å². The zero-order chi connectivity index (χ0) is 17.1. The summed E-state index contributed by atoms with van der Waals surface area (Å²) >= 11 is 0. The fraction of sp³-hybridized carbons (Fsp3) is 0.176. The Kier molecular flexibility index (Phi) is 4.33. The van der Waals surface area contributed by atoms with E-state index in [0.717, 1.165) is 0 Å². The minimum Gasteiger partial charge on any atom is -0.497 e. The molecule has 1 N–H and O–H groups in total. The van der Waals surface area contributed by atoms with Crippen LogP contribution in [0.2, 0.25) is 0 Å². The number of imidazole rings is 1. The number of ether oxygens (including phenoxy) is 2. The number of amides is 1. The Morgan fingerprint density at radius 1 is 1.21 bits per heavy atom. The van der Waals surface area contributed by atoms with E-state index in [9.17, 15) is 9.18 Å². The molecular formula is C17H16FN3O3. The number of rotatable bonds is 5. The molecule has 0 fully saturated rings. The highest BCUT2D eigenvalue weighted by atomic mass is 19.1. The first-order valence-corrected chi connectivity index (χ1v) is 7.23. The molecular weight excluding hydrogens is 313 g/mol. The smallest absolute Gasteiger partial charge is 0.244 e. The van der Waals surface area contributed by atoms with Crippen molar-refractivity contribution in [3.63, 3.8) is 0 Å². The quantitative estimate of drug-likeness (QED) is 0.782. The number of anilines is 1. The third kappa shape index (κ3) is 3.15. The second kappa shape index (κ2) is 6.57. The number of carbonyl (C=O) groups excluding carboxylic acids is 1. The van der Waals surface area contributed by atoms with Gasteiger partial charge in [-0.15, -0.1) is 0 Å². The summed E-state index contributed by atoms with van der Waals surface area (Å²) in [5.41, 5.74) is 1.34. The molecule has 3 rings (SSSR count). The van der Waals surface area contributed by atoms with Crippen LogP contribution in [0.3, 0.4) is 0 Å². The van der Waals surface area contributed by atoms with E-state index >= 15 is 0 Å². The number of benzene rings is 2. The number of methoxy groups -OCH3 is 2. The summed E-state index contributed by atoms with van der Waals surface area (Å²) in [6.07, 6.45) is 1.44. The lowest BCUT2D eigenvalue weighted by Crippen LogP contribution is -2.18. The van der Waals surface area contributed by atoms with Gasteiger partial charge in [-0.05, 0) is 12.1 Å². The molecule has 0 aliphatic heterocycles. The predicted octanol–water partition coefficient (Wildman–Crippen LogP) is 2.83. The number of nitrogens with one attached hydrogen (secondary N) is 1. The van der Waals surface area contributed by atoms with Crippen molar-refractivity contribution >= 4 is 22.6 Å². The second-order valence-corrected chi connectivity index (χ2v) is 5.13. The molecule has 0 aliphatic carbocycles. The van der Waals surface area contributed by atoms with Gasteiger partial charge in [-0.25, -0.2) is 9.37 Å². The monoisotopic (exact) mass is 329 g/mol. The number of nitrogens with zero attached hydrogens (tertiary/aromatic N) is 2. The molecule has 0 unspecified atom stereocenters. The fourth-order valence-corrected chi connectivity index (χ4v) is 2.44. The third-order valence-electron chi connectivity index (χ3n) is 3.54. The van der Waals surface area contributed by atoms with Gasteiger partial charge in [0.1, 0.15) is 29.4 Å². The minimum atomic E-state index is -0.416. The summed E-state index contributed by atoms with van der Waals surface area (Å²) in [5.74, 6) is 0.390. The van der Waals surface area contributed by atoms with Gasteiger partial charge in [0.25, 0.3) is 0 Å². The lowest BCUT2D eigenvalue weighted by Gasteiger charge is -2.10. The molecule has 0 saturated carbocycles. The minimum absolute atomic E-state index is 0.0586. The SMILES string of the molecule is COc1cc(NC(=O)Cn2cnc3cccc(F)c32)cc(OC)c1. The van der Waals surface area contributed by atoms with Crippen LogP contribution in [-0.4, -0.2) is 29.7 Å². The van der Waals surface area contributed by atoms with Crippen LogP contribution in [0.25, 0.3) is 11.0 Å². The van der Waals surface area contributed by atoms with Crippen molar-refractivity contribution in [1.29, 1.82) is 0 Å². The Morgan fingerprint density at radius 3 is 2.58 bits per heavy atom. The maximum Gasteiger partial charge on any atom is 0.244 e. The molecule has 0 bridgehead atoms. The molecule has 2 aromatic carbocycles. The molecule has 24 heavy (non-hydrogen) atoms. The van der Waals surface area contributed by atoms with Gasteiger partial charge in [-0.1, -0.05) is 6.07 Å². The molecule has 1 amide bonds. The average molecular weight is 329 g/mol. The number of aromatic nitrogens is 2. The highest BCUT2D eigenvalue weighted by Crippen LogP contribution is 2.26. The summed E-state index contributed by atoms with van der Waals surface area (Å²) in [4.78, 5) is 16.4. The Bertz CT molecular complexity index is 870. The van der Waals surface area contributed by atoms with Crippen molar-refractivity contribution < 1.29 is 18.7 Å². The van der Waals surface area contributed by atoms with E-state index in [1.165, 1.54) is 31.2 Å². The van der Waals surface area contributed by atoms with Gasteiger partial charge in [0.2, 0.25) is 5.91 Å². The summed E-state index contributed by atoms with van der Waals surface area (Å²) in [5, 5.41) is 2.74. The number of fused-ring (bicyclic) bond motifs is 1. The van der Waals surface area contributed by atoms with Gasteiger partial charge in [0.15, 0.2) is 0 Å². The topological polar surface area (TPSA) is 65.4 Å². The van der Waals surface area contributed by atoms with Gasteiger partial charge in [0.05, 0.1) is 26.1 Å². The highest BCUT2D eigenvalue weighted by Gasteiger charge is 2.12. The summed E-state index contributed by atoms with van der Waals surface area (Å²) in [6.45, 7) is -0.0586. The van der Waals surface area contributed by atoms with Crippen LogP contribution in [0.4, 0.5) is 10.1 Å². The Labute approximate surface area is 137 Å². The molecule has 7 heteroatoms. The number of hydrogen-bond donors (Lipinski definition) is 1. The van der Waals surface area contributed by atoms with Gasteiger partial charge in [0, 0.05) is 23.9 Å². The molecule has 0 aliphatic rings. The number of carbonyl (C=O) groups is 1. The zero-order valence-electron chi connectivity index (χ0n) is 13.2. The number of hydrogen-bond acceptors (Lipinski definition) is 4. The van der Waals surface area contributed by atoms with Crippen LogP contribution >= 0.6 is 0 Å². The fourth-order valence-electron chi connectivity index (χ4n) is 2.44. The second-order valence-electron chi connectivity index (χ2n) is 5.13. The van der Waals surface area contributed by atoms with E-state index < -0.39 is 5.82 Å². The van der Waals surface area contributed by atoms with E-state index in [0.29, 0.717) is 28.2 Å². The summed E-state index contributed by atoms with van der Waals surface area (Å²) < 4.78 is 25.7. The van der Waals surface area contributed by atoms with Crippen LogP contribution in [0, 0.1) is 5.82 Å². The Hall–Kier alpha value is -3.09. The van der Waals surface area contributed by atoms with Crippen molar-refractivity contribution in [1.82, 2.24) is 9.55 Å². The predicted molar refractivity (Wildman–Crippen MR) is 87.9 cm³/mol. The highest BCUT2D eigenvalue weighted by molar-refractivity contribution is 5.92. The lowest BCUT2D eigenvalue weighted by atomic mass is 10.2. The molecule has 0 radical (unpaired) electrons. The van der Waals surface area contributed by atoms with Gasteiger partial charge >= 0.3 is 0 Å². The van der Waals surface area contributed by atoms with Crippen LogP contribution in [0.15, 0.2) is 42.7 Å². The van der Waals surface area contributed by atoms with Gasteiger partial charge < -0.3 is 19.4 Å². The third-order valence-corrected chi connectivity index (χ3v) is 3.54. The van der Waals surface area contributed by atoms with Gasteiger partial charge in [-0.2, -0.15) is 0 Å². The summed E-state index contributed by atoms with van der Waals surface area (Å²) in [7, 11) is 3.06. The van der Waals surface area contributed by atoms with Crippen LogP contribution in [0.1, 0.15) is 0 Å². The molecule has 1 aromatic heterocycles.